The molecule has 1 heterocycles. The number of rotatable bonds is 4. The van der Waals surface area contributed by atoms with Crippen molar-refractivity contribution in [1.29, 1.82) is 0 Å². The molecule has 0 aromatic heterocycles. The normalized spacial score (nSPS) is 18.1. The number of primary amides is 1. The average Bonchev–Trinajstić information content (AvgIpc) is 2.46. The number of nitrogens with two attached hydrogens (primary N) is 1. The van der Waals surface area contributed by atoms with E-state index < -0.39 is 0 Å². The maximum atomic E-state index is 11.2. The number of methoxy groups -OCH3 is 1. The fraction of sp³-hybridized carbons (Fsp3) is 0.500. The summed E-state index contributed by atoms with van der Waals surface area (Å²) in [4.78, 5) is 15.6. The molecule has 1 saturated heterocycles. The van der Waals surface area contributed by atoms with Gasteiger partial charge >= 0.3 is 0 Å². The highest BCUT2D eigenvalue weighted by molar-refractivity contribution is 5.79. The van der Waals surface area contributed by atoms with Gasteiger partial charge in [0.15, 0.2) is 0 Å². The summed E-state index contributed by atoms with van der Waals surface area (Å²) in [5.41, 5.74) is 6.52. The molecule has 1 aromatic carbocycles. The summed E-state index contributed by atoms with van der Waals surface area (Å²) in [6, 6.07) is 7.87. The number of hydrogen-bond donors (Lipinski definition) is 1. The smallest absolute Gasteiger partial charge is 0.234 e. The molecule has 5 nitrogen and oxygen atoms in total. The van der Waals surface area contributed by atoms with Gasteiger partial charge in [-0.05, 0) is 31.2 Å². The van der Waals surface area contributed by atoms with Crippen molar-refractivity contribution in [1.82, 2.24) is 4.90 Å². The van der Waals surface area contributed by atoms with Crippen LogP contribution in [-0.2, 0) is 4.79 Å². The minimum Gasteiger partial charge on any atom is -0.497 e. The molecule has 1 unspecified atom stereocenters. The van der Waals surface area contributed by atoms with Crippen LogP contribution in [0.25, 0.3) is 0 Å². The van der Waals surface area contributed by atoms with Crippen LogP contribution in [0.2, 0.25) is 0 Å². The zero-order valence-electron chi connectivity index (χ0n) is 11.5. The Morgan fingerprint density at radius 3 is 2.26 bits per heavy atom. The van der Waals surface area contributed by atoms with Crippen LogP contribution < -0.4 is 15.4 Å². The van der Waals surface area contributed by atoms with Gasteiger partial charge in [0.05, 0.1) is 13.2 Å². The van der Waals surface area contributed by atoms with E-state index >= 15 is 0 Å². The van der Waals surface area contributed by atoms with Crippen molar-refractivity contribution in [2.24, 2.45) is 5.73 Å². The molecule has 19 heavy (non-hydrogen) atoms. The van der Waals surface area contributed by atoms with Crippen LogP contribution >= 0.6 is 0 Å². The molecule has 2 N–H and O–H groups in total. The Balaban J connectivity index is 1.93. The molecule has 104 valence electrons. The number of ether oxygens (including phenoxy) is 1. The van der Waals surface area contributed by atoms with E-state index in [0.717, 1.165) is 31.9 Å². The van der Waals surface area contributed by atoms with Gasteiger partial charge in [0, 0.05) is 31.9 Å². The van der Waals surface area contributed by atoms with E-state index in [-0.39, 0.29) is 11.9 Å². The highest BCUT2D eigenvalue weighted by Crippen LogP contribution is 2.20. The van der Waals surface area contributed by atoms with E-state index in [0.29, 0.717) is 0 Å². The van der Waals surface area contributed by atoms with Crippen LogP contribution in [0.1, 0.15) is 6.92 Å². The number of benzene rings is 1. The van der Waals surface area contributed by atoms with Gasteiger partial charge < -0.3 is 15.4 Å². The van der Waals surface area contributed by atoms with Crippen LogP contribution in [-0.4, -0.2) is 50.1 Å². The summed E-state index contributed by atoms with van der Waals surface area (Å²) in [6.07, 6.45) is 0. The van der Waals surface area contributed by atoms with Gasteiger partial charge in [0.1, 0.15) is 5.75 Å². The van der Waals surface area contributed by atoms with Crippen molar-refractivity contribution in [2.45, 2.75) is 13.0 Å². The van der Waals surface area contributed by atoms with Gasteiger partial charge in [0.2, 0.25) is 5.91 Å². The highest BCUT2D eigenvalue weighted by Gasteiger charge is 2.23. The van der Waals surface area contributed by atoms with Crippen LogP contribution in [0.4, 0.5) is 5.69 Å². The lowest BCUT2D eigenvalue weighted by molar-refractivity contribution is -0.122. The van der Waals surface area contributed by atoms with Gasteiger partial charge in [0.25, 0.3) is 0 Å². The third-order valence-electron chi connectivity index (χ3n) is 3.71. The van der Waals surface area contributed by atoms with Gasteiger partial charge in [-0.2, -0.15) is 0 Å². The monoisotopic (exact) mass is 263 g/mol. The predicted octanol–water partition coefficient (Wildman–Crippen LogP) is 0.691. The summed E-state index contributed by atoms with van der Waals surface area (Å²) in [7, 11) is 1.67. The van der Waals surface area contributed by atoms with Crippen LogP contribution in [0, 0.1) is 0 Å². The Bertz CT molecular complexity index is 425. The minimum absolute atomic E-state index is 0.182. The predicted molar refractivity (Wildman–Crippen MR) is 75.4 cm³/mol. The molecule has 1 atom stereocenters. The molecule has 1 aromatic rings. The Hall–Kier alpha value is -1.75. The lowest BCUT2D eigenvalue weighted by Crippen LogP contribution is -2.53. The summed E-state index contributed by atoms with van der Waals surface area (Å²) in [6.45, 7) is 5.39. The summed E-state index contributed by atoms with van der Waals surface area (Å²) < 4.78 is 5.15. The Labute approximate surface area is 113 Å². The highest BCUT2D eigenvalue weighted by atomic mass is 16.5. The third-order valence-corrected chi connectivity index (χ3v) is 3.71. The maximum absolute atomic E-state index is 11.2. The molecular formula is C14H21N3O2. The topological polar surface area (TPSA) is 58.8 Å². The van der Waals surface area contributed by atoms with Crippen molar-refractivity contribution < 1.29 is 9.53 Å². The first-order chi connectivity index (χ1) is 9.11. The molecule has 1 aliphatic rings. The molecule has 5 heteroatoms. The fourth-order valence-electron chi connectivity index (χ4n) is 2.34. The molecule has 0 spiro atoms. The Morgan fingerprint density at radius 2 is 1.79 bits per heavy atom. The Kier molecular flexibility index (Phi) is 4.27. The van der Waals surface area contributed by atoms with E-state index in [1.54, 1.807) is 7.11 Å². The molecule has 1 fully saturated rings. The second-order valence-electron chi connectivity index (χ2n) is 4.80. The number of carbonyl (C=O) groups excluding carboxylic acids is 1. The molecule has 1 amide bonds. The number of hydrogen-bond acceptors (Lipinski definition) is 4. The van der Waals surface area contributed by atoms with Crippen LogP contribution in [0.3, 0.4) is 0 Å². The zero-order valence-corrected chi connectivity index (χ0v) is 11.5. The fourth-order valence-corrected chi connectivity index (χ4v) is 2.34. The van der Waals surface area contributed by atoms with E-state index in [9.17, 15) is 4.79 Å². The minimum atomic E-state index is -0.252. The second-order valence-corrected chi connectivity index (χ2v) is 4.80. The molecule has 0 radical (unpaired) electrons. The van der Waals surface area contributed by atoms with E-state index in [1.807, 2.05) is 19.1 Å². The average molecular weight is 263 g/mol. The van der Waals surface area contributed by atoms with Gasteiger partial charge in [-0.15, -0.1) is 0 Å². The molecule has 0 aliphatic carbocycles. The number of piperazine rings is 1. The van der Waals surface area contributed by atoms with E-state index in [1.165, 1.54) is 5.69 Å². The summed E-state index contributed by atoms with van der Waals surface area (Å²) >= 11 is 0. The van der Waals surface area contributed by atoms with Crippen molar-refractivity contribution >= 4 is 11.6 Å². The number of anilines is 1. The van der Waals surface area contributed by atoms with Gasteiger partial charge in [-0.25, -0.2) is 0 Å². The number of carbonyl (C=O) groups is 1. The number of amides is 1. The largest absolute Gasteiger partial charge is 0.497 e. The maximum Gasteiger partial charge on any atom is 0.234 e. The summed E-state index contributed by atoms with van der Waals surface area (Å²) in [5.74, 6) is 0.614. The van der Waals surface area contributed by atoms with Gasteiger partial charge in [-0.3, -0.25) is 9.69 Å². The SMILES string of the molecule is COc1ccc(N2CCN(C(C)C(N)=O)CC2)cc1. The van der Waals surface area contributed by atoms with E-state index in [2.05, 4.69) is 21.9 Å². The lowest BCUT2D eigenvalue weighted by Gasteiger charge is -2.38. The number of nitrogens with zero attached hydrogens (tertiary/aromatic N) is 2. The first-order valence-electron chi connectivity index (χ1n) is 6.54. The molecule has 0 bridgehead atoms. The van der Waals surface area contributed by atoms with Crippen LogP contribution in [0.15, 0.2) is 24.3 Å². The van der Waals surface area contributed by atoms with Crippen LogP contribution in [0.5, 0.6) is 5.75 Å². The molecule has 2 rings (SSSR count). The molecular weight excluding hydrogens is 242 g/mol. The van der Waals surface area contributed by atoms with Gasteiger partial charge in [-0.1, -0.05) is 0 Å². The van der Waals surface area contributed by atoms with Crippen molar-refractivity contribution in [3.05, 3.63) is 24.3 Å². The first-order valence-corrected chi connectivity index (χ1v) is 6.54. The van der Waals surface area contributed by atoms with Crippen molar-refractivity contribution in [2.75, 3.05) is 38.2 Å². The first kappa shape index (κ1) is 13.7. The quantitative estimate of drug-likeness (QED) is 0.868. The van der Waals surface area contributed by atoms with Crippen molar-refractivity contribution in [3.8, 4) is 5.75 Å². The van der Waals surface area contributed by atoms with E-state index in [4.69, 9.17) is 10.5 Å². The Morgan fingerprint density at radius 1 is 1.21 bits per heavy atom. The standard InChI is InChI=1S/C14H21N3O2/c1-11(14(15)18)16-7-9-17(10-8-16)12-3-5-13(19-2)6-4-12/h3-6,11H,7-10H2,1-2H3,(H2,15,18). The molecule has 1 aliphatic heterocycles. The second kappa shape index (κ2) is 5.93. The third kappa shape index (κ3) is 3.17. The van der Waals surface area contributed by atoms with Crippen molar-refractivity contribution in [3.63, 3.8) is 0 Å². The summed E-state index contributed by atoms with van der Waals surface area (Å²) in [5, 5.41) is 0. The lowest BCUT2D eigenvalue weighted by atomic mass is 10.2. The molecule has 0 saturated carbocycles. The zero-order chi connectivity index (χ0) is 13.8.